The Balaban J connectivity index is 1.69. The number of carbonyl (C=O) groups is 1. The van der Waals surface area contributed by atoms with Crippen LogP contribution in [0.5, 0.6) is 5.75 Å². The number of aliphatic hydroxyl groups excluding tert-OH is 1. The number of rotatable bonds is 6. The van der Waals surface area contributed by atoms with Crippen LogP contribution in [0.2, 0.25) is 0 Å². The third-order valence-corrected chi connectivity index (χ3v) is 4.94. The fourth-order valence-electron chi connectivity index (χ4n) is 3.43. The second-order valence-electron chi connectivity index (χ2n) is 6.71. The number of ether oxygens (including phenoxy) is 2. The zero-order chi connectivity index (χ0) is 17.8. The molecule has 7 heteroatoms. The zero-order valence-corrected chi connectivity index (χ0v) is 14.4. The van der Waals surface area contributed by atoms with Crippen LogP contribution in [0.3, 0.4) is 0 Å². The summed E-state index contributed by atoms with van der Waals surface area (Å²) in [6, 6.07) is 4.44. The Kier molecular flexibility index (Phi) is 5.88. The molecule has 0 aromatic heterocycles. The van der Waals surface area contributed by atoms with Crippen molar-refractivity contribution in [2.45, 2.75) is 25.0 Å². The van der Waals surface area contributed by atoms with Gasteiger partial charge in [-0.2, -0.15) is 0 Å². The molecule has 0 radical (unpaired) electrons. The molecule has 6 nitrogen and oxygen atoms in total. The van der Waals surface area contributed by atoms with Crippen LogP contribution in [-0.4, -0.2) is 62.0 Å². The Bertz CT molecular complexity index is 601. The molecule has 1 aromatic carbocycles. The predicted octanol–water partition coefficient (Wildman–Crippen LogP) is 1.09. The molecule has 25 heavy (non-hydrogen) atoms. The van der Waals surface area contributed by atoms with E-state index >= 15 is 0 Å². The van der Waals surface area contributed by atoms with E-state index in [0.717, 1.165) is 13.1 Å². The predicted molar refractivity (Wildman–Crippen MR) is 89.8 cm³/mol. The van der Waals surface area contributed by atoms with Gasteiger partial charge in [-0.1, -0.05) is 6.07 Å². The first-order valence-corrected chi connectivity index (χ1v) is 8.67. The summed E-state index contributed by atoms with van der Waals surface area (Å²) in [5.41, 5.74) is 0.700. The minimum atomic E-state index is -0.452. The molecule has 0 spiro atoms. The molecule has 1 amide bonds. The summed E-state index contributed by atoms with van der Waals surface area (Å²) in [5, 5.41) is 12.6. The standard InChI is InChI=1S/C18H25FN2O4/c1-24-16-3-2-12(10-15(16)19)18(13-8-14(22)9-13)20-17(23)11-21-4-6-25-7-5-21/h2-3,10,13-14,18,22H,4-9,11H2,1H3,(H,20,23)/t13?,14?,18-/m0/s1. The molecule has 0 bridgehead atoms. The molecule has 1 aliphatic heterocycles. The quantitative estimate of drug-likeness (QED) is 0.802. The molecule has 2 fully saturated rings. The van der Waals surface area contributed by atoms with Crippen LogP contribution in [0.15, 0.2) is 18.2 Å². The van der Waals surface area contributed by atoms with Crippen molar-refractivity contribution >= 4 is 5.91 Å². The summed E-state index contributed by atoms with van der Waals surface area (Å²) < 4.78 is 24.3. The van der Waals surface area contributed by atoms with Gasteiger partial charge in [0.15, 0.2) is 11.6 Å². The van der Waals surface area contributed by atoms with Crippen molar-refractivity contribution in [3.8, 4) is 5.75 Å². The Labute approximate surface area is 146 Å². The molecule has 1 aromatic rings. The first kappa shape index (κ1) is 18.1. The minimum absolute atomic E-state index is 0.0930. The van der Waals surface area contributed by atoms with E-state index in [4.69, 9.17) is 9.47 Å². The molecule has 1 saturated carbocycles. The van der Waals surface area contributed by atoms with Gasteiger partial charge in [0.1, 0.15) is 0 Å². The highest BCUT2D eigenvalue weighted by Crippen LogP contribution is 2.38. The van der Waals surface area contributed by atoms with Crippen LogP contribution in [0.1, 0.15) is 24.4 Å². The minimum Gasteiger partial charge on any atom is -0.494 e. The van der Waals surface area contributed by atoms with Crippen LogP contribution in [0.25, 0.3) is 0 Å². The van der Waals surface area contributed by atoms with Crippen molar-refractivity contribution < 1.29 is 23.8 Å². The highest BCUT2D eigenvalue weighted by Gasteiger charge is 2.36. The lowest BCUT2D eigenvalue weighted by Gasteiger charge is -2.38. The summed E-state index contributed by atoms with van der Waals surface area (Å²) in [5.74, 6) is -0.260. The fourth-order valence-corrected chi connectivity index (χ4v) is 3.43. The Hall–Kier alpha value is -1.70. The van der Waals surface area contributed by atoms with Crippen molar-refractivity contribution in [3.63, 3.8) is 0 Å². The number of hydrogen-bond acceptors (Lipinski definition) is 5. The van der Waals surface area contributed by atoms with E-state index < -0.39 is 5.82 Å². The third-order valence-electron chi connectivity index (χ3n) is 4.94. The highest BCUT2D eigenvalue weighted by molar-refractivity contribution is 5.78. The summed E-state index contributed by atoms with van der Waals surface area (Å²) in [6.45, 7) is 3.03. The van der Waals surface area contributed by atoms with Crippen LogP contribution < -0.4 is 10.1 Å². The second-order valence-corrected chi connectivity index (χ2v) is 6.71. The van der Waals surface area contributed by atoms with Crippen molar-refractivity contribution in [3.05, 3.63) is 29.6 Å². The lowest BCUT2D eigenvalue weighted by Crippen LogP contribution is -2.47. The van der Waals surface area contributed by atoms with E-state index in [1.807, 2.05) is 4.90 Å². The van der Waals surface area contributed by atoms with E-state index in [0.29, 0.717) is 38.2 Å². The van der Waals surface area contributed by atoms with Gasteiger partial charge in [0.05, 0.1) is 39.0 Å². The summed E-state index contributed by atoms with van der Waals surface area (Å²) >= 11 is 0. The number of nitrogens with one attached hydrogen (secondary N) is 1. The average Bonchev–Trinajstić information content (AvgIpc) is 2.58. The van der Waals surface area contributed by atoms with Crippen molar-refractivity contribution in [1.82, 2.24) is 10.2 Å². The summed E-state index contributed by atoms with van der Waals surface area (Å²) in [7, 11) is 1.42. The maximum absolute atomic E-state index is 14.1. The van der Waals surface area contributed by atoms with E-state index in [9.17, 15) is 14.3 Å². The molecule has 1 aliphatic carbocycles. The zero-order valence-electron chi connectivity index (χ0n) is 14.4. The molecule has 1 saturated heterocycles. The average molecular weight is 352 g/mol. The molecular weight excluding hydrogens is 327 g/mol. The van der Waals surface area contributed by atoms with Gasteiger partial charge in [0, 0.05) is 13.1 Å². The van der Waals surface area contributed by atoms with Crippen LogP contribution in [0.4, 0.5) is 4.39 Å². The lowest BCUT2D eigenvalue weighted by atomic mass is 9.75. The molecule has 1 heterocycles. The van der Waals surface area contributed by atoms with Crippen molar-refractivity contribution in [1.29, 1.82) is 0 Å². The normalized spacial score (nSPS) is 25.1. The number of morpholine rings is 1. The largest absolute Gasteiger partial charge is 0.494 e. The SMILES string of the molecule is COc1ccc([C@H](NC(=O)CN2CCOCC2)C2CC(O)C2)cc1F. The Morgan fingerprint density at radius 2 is 2.16 bits per heavy atom. The second kappa shape index (κ2) is 8.12. The van der Waals surface area contributed by atoms with Crippen LogP contribution in [-0.2, 0) is 9.53 Å². The lowest BCUT2D eigenvalue weighted by molar-refractivity contribution is -0.125. The maximum Gasteiger partial charge on any atom is 0.234 e. The number of benzene rings is 1. The van der Waals surface area contributed by atoms with Gasteiger partial charge in [-0.3, -0.25) is 9.69 Å². The van der Waals surface area contributed by atoms with Crippen molar-refractivity contribution in [2.24, 2.45) is 5.92 Å². The highest BCUT2D eigenvalue weighted by atomic mass is 19.1. The van der Waals surface area contributed by atoms with E-state index in [2.05, 4.69) is 5.32 Å². The molecule has 2 aliphatic rings. The molecule has 138 valence electrons. The summed E-state index contributed by atoms with van der Waals surface area (Å²) in [4.78, 5) is 14.5. The molecule has 2 N–H and O–H groups in total. The number of carbonyl (C=O) groups excluding carboxylic acids is 1. The van der Waals surface area contributed by atoms with Crippen molar-refractivity contribution in [2.75, 3.05) is 40.0 Å². The van der Waals surface area contributed by atoms with Gasteiger partial charge in [-0.05, 0) is 36.5 Å². The number of methoxy groups -OCH3 is 1. The number of hydrogen-bond donors (Lipinski definition) is 2. The van der Waals surface area contributed by atoms with Crippen LogP contribution >= 0.6 is 0 Å². The first-order chi connectivity index (χ1) is 12.1. The first-order valence-electron chi connectivity index (χ1n) is 8.67. The number of amides is 1. The Morgan fingerprint density at radius 3 is 2.76 bits per heavy atom. The maximum atomic E-state index is 14.1. The van der Waals surface area contributed by atoms with Gasteiger partial charge in [-0.15, -0.1) is 0 Å². The molecule has 1 atom stereocenters. The van der Waals surface area contributed by atoms with Gasteiger partial charge >= 0.3 is 0 Å². The topological polar surface area (TPSA) is 71.0 Å². The van der Waals surface area contributed by atoms with Gasteiger partial charge in [-0.25, -0.2) is 4.39 Å². The monoisotopic (exact) mass is 352 g/mol. The van der Waals surface area contributed by atoms with E-state index in [-0.39, 0.29) is 29.7 Å². The number of nitrogens with zero attached hydrogens (tertiary/aromatic N) is 1. The molecule has 3 rings (SSSR count). The van der Waals surface area contributed by atoms with E-state index in [1.54, 1.807) is 12.1 Å². The molecular formula is C18H25FN2O4. The van der Waals surface area contributed by atoms with Gasteiger partial charge in [0.25, 0.3) is 0 Å². The van der Waals surface area contributed by atoms with Gasteiger partial charge < -0.3 is 19.9 Å². The fraction of sp³-hybridized carbons (Fsp3) is 0.611. The number of halogens is 1. The Morgan fingerprint density at radius 1 is 1.44 bits per heavy atom. The smallest absolute Gasteiger partial charge is 0.234 e. The van der Waals surface area contributed by atoms with E-state index in [1.165, 1.54) is 13.2 Å². The number of aliphatic hydroxyl groups is 1. The summed E-state index contributed by atoms with van der Waals surface area (Å²) in [6.07, 6.45) is 0.874. The van der Waals surface area contributed by atoms with Gasteiger partial charge in [0.2, 0.25) is 5.91 Å². The third kappa shape index (κ3) is 4.48. The molecule has 0 unspecified atom stereocenters. The van der Waals surface area contributed by atoms with Crippen LogP contribution in [0, 0.1) is 11.7 Å².